The fourth-order valence-corrected chi connectivity index (χ4v) is 9.39. The van der Waals surface area contributed by atoms with Gasteiger partial charge in [-0.15, -0.1) is 0 Å². The molecular formula is C55H39BN2. The highest BCUT2D eigenvalue weighted by Gasteiger charge is 2.43. The summed E-state index contributed by atoms with van der Waals surface area (Å²) in [6.07, 6.45) is 0. The van der Waals surface area contributed by atoms with E-state index in [9.17, 15) is 0 Å². The Kier molecular flexibility index (Phi) is 8.37. The number of anilines is 6. The van der Waals surface area contributed by atoms with E-state index in [1.807, 2.05) is 0 Å². The Hall–Kier alpha value is -7.36. The normalized spacial score (nSPS) is 12.5. The van der Waals surface area contributed by atoms with Gasteiger partial charge in [-0.3, -0.25) is 0 Å². The molecule has 2 aliphatic heterocycles. The van der Waals surface area contributed by atoms with Crippen LogP contribution >= 0.6 is 0 Å². The maximum atomic E-state index is 2.51. The van der Waals surface area contributed by atoms with Crippen molar-refractivity contribution in [3.8, 4) is 22.3 Å². The summed E-state index contributed by atoms with van der Waals surface area (Å²) in [6, 6.07) is 84.5. The minimum atomic E-state index is 0.0236. The van der Waals surface area contributed by atoms with E-state index >= 15 is 0 Å². The van der Waals surface area contributed by atoms with Crippen LogP contribution in [-0.2, 0) is 0 Å². The second-order valence-electron chi connectivity index (χ2n) is 15.3. The Morgan fingerprint density at radius 3 is 1.34 bits per heavy atom. The molecule has 0 unspecified atom stereocenters. The van der Waals surface area contributed by atoms with Crippen molar-refractivity contribution in [3.05, 3.63) is 247 Å². The van der Waals surface area contributed by atoms with Gasteiger partial charge in [-0.1, -0.05) is 182 Å². The largest absolute Gasteiger partial charge is 0.311 e. The Bertz CT molecular complexity index is 2860. The number of fused-ring (bicyclic) bond motifs is 4. The van der Waals surface area contributed by atoms with Crippen LogP contribution in [0.2, 0.25) is 0 Å². The van der Waals surface area contributed by atoms with Crippen LogP contribution in [0, 0.1) is 0 Å². The predicted molar refractivity (Wildman–Crippen MR) is 245 cm³/mol. The second-order valence-corrected chi connectivity index (χ2v) is 15.3. The molecule has 0 aromatic heterocycles. The molecule has 0 saturated carbocycles. The summed E-state index contributed by atoms with van der Waals surface area (Å²) in [5.41, 5.74) is 19.7. The van der Waals surface area contributed by atoms with Crippen LogP contribution in [0.3, 0.4) is 0 Å². The fourth-order valence-electron chi connectivity index (χ4n) is 9.39. The van der Waals surface area contributed by atoms with Gasteiger partial charge in [0.1, 0.15) is 0 Å². The molecule has 2 aliphatic rings. The Morgan fingerprint density at radius 2 is 0.741 bits per heavy atom. The molecule has 9 aromatic carbocycles. The van der Waals surface area contributed by atoms with E-state index in [0.717, 1.165) is 11.4 Å². The third-order valence-corrected chi connectivity index (χ3v) is 12.0. The minimum Gasteiger partial charge on any atom is -0.311 e. The number of hydrogen-bond donors (Lipinski definition) is 0. The SMILES string of the molecule is c1ccc(-c2cccc(N3c4cc(-c5ccccc5)ccc4B4c5ccc(C(c6ccccc6)c6ccccc6)cc5N(c5ccccc5)c5cccc3c54)c2)cc1. The van der Waals surface area contributed by atoms with Crippen LogP contribution in [0.15, 0.2) is 231 Å². The van der Waals surface area contributed by atoms with Crippen molar-refractivity contribution in [1.82, 2.24) is 0 Å². The van der Waals surface area contributed by atoms with Gasteiger partial charge >= 0.3 is 0 Å². The summed E-state index contributed by atoms with van der Waals surface area (Å²) in [5, 5.41) is 0. The van der Waals surface area contributed by atoms with Crippen molar-refractivity contribution in [3.63, 3.8) is 0 Å². The van der Waals surface area contributed by atoms with Gasteiger partial charge in [0.15, 0.2) is 0 Å². The maximum absolute atomic E-state index is 2.51. The lowest BCUT2D eigenvalue weighted by Gasteiger charge is -2.44. The predicted octanol–water partition coefficient (Wildman–Crippen LogP) is 12.3. The zero-order valence-electron chi connectivity index (χ0n) is 32.0. The monoisotopic (exact) mass is 738 g/mol. The highest BCUT2D eigenvalue weighted by Crippen LogP contribution is 2.46. The molecule has 0 spiro atoms. The van der Waals surface area contributed by atoms with Crippen molar-refractivity contribution in [2.24, 2.45) is 0 Å². The number of nitrogens with zero attached hydrogens (tertiary/aromatic N) is 2. The number of hydrogen-bond acceptors (Lipinski definition) is 2. The molecule has 0 saturated heterocycles. The lowest BCUT2D eigenvalue weighted by atomic mass is 9.33. The quantitative estimate of drug-likeness (QED) is 0.119. The van der Waals surface area contributed by atoms with Gasteiger partial charge in [0.2, 0.25) is 0 Å². The van der Waals surface area contributed by atoms with Gasteiger partial charge in [0.25, 0.3) is 6.71 Å². The van der Waals surface area contributed by atoms with E-state index < -0.39 is 0 Å². The first-order valence-electron chi connectivity index (χ1n) is 20.2. The van der Waals surface area contributed by atoms with Gasteiger partial charge in [0, 0.05) is 40.0 Å². The number of para-hydroxylation sites is 1. The molecule has 3 heteroatoms. The Labute approximate surface area is 341 Å². The minimum absolute atomic E-state index is 0.0236. The third kappa shape index (κ3) is 5.74. The molecule has 0 N–H and O–H groups in total. The molecule has 58 heavy (non-hydrogen) atoms. The van der Waals surface area contributed by atoms with Crippen molar-refractivity contribution >= 4 is 57.2 Å². The summed E-state index contributed by atoms with van der Waals surface area (Å²) in [7, 11) is 0. The van der Waals surface area contributed by atoms with Crippen LogP contribution in [0.4, 0.5) is 34.1 Å². The molecule has 9 aromatic rings. The summed E-state index contributed by atoms with van der Waals surface area (Å²) in [6.45, 7) is 0.0236. The van der Waals surface area contributed by atoms with Crippen LogP contribution in [-0.4, -0.2) is 6.71 Å². The molecule has 11 rings (SSSR count). The molecule has 2 heterocycles. The molecule has 0 amide bonds. The van der Waals surface area contributed by atoms with E-state index in [2.05, 4.69) is 240 Å². The standard InChI is InChI=1S/C55H39BN2/c1-6-18-39(19-7-1)43-26-16-29-47(36-43)58-51-31-17-30-50-55(51)56(48-34-32-44(37-52(48)58)40-20-8-2-9-21-40)49-35-33-45(38-53(49)57(50)46-27-14-5-15-28-46)54(41-22-10-3-11-23-41)42-24-12-4-13-25-42/h1-38,54H. The smallest absolute Gasteiger partial charge is 0.252 e. The maximum Gasteiger partial charge on any atom is 0.252 e. The van der Waals surface area contributed by atoms with E-state index in [1.54, 1.807) is 0 Å². The summed E-state index contributed by atoms with van der Waals surface area (Å²) < 4.78 is 0. The van der Waals surface area contributed by atoms with Gasteiger partial charge in [-0.05, 0) is 104 Å². The zero-order valence-corrected chi connectivity index (χ0v) is 32.0. The average Bonchev–Trinajstić information content (AvgIpc) is 3.30. The van der Waals surface area contributed by atoms with Crippen LogP contribution in [0.25, 0.3) is 22.3 Å². The Morgan fingerprint density at radius 1 is 0.293 bits per heavy atom. The van der Waals surface area contributed by atoms with Crippen LogP contribution < -0.4 is 26.2 Å². The van der Waals surface area contributed by atoms with Crippen LogP contribution in [0.1, 0.15) is 22.6 Å². The van der Waals surface area contributed by atoms with Crippen molar-refractivity contribution < 1.29 is 0 Å². The van der Waals surface area contributed by atoms with Gasteiger partial charge < -0.3 is 9.80 Å². The van der Waals surface area contributed by atoms with E-state index in [4.69, 9.17) is 0 Å². The van der Waals surface area contributed by atoms with Gasteiger partial charge in [-0.2, -0.15) is 0 Å². The van der Waals surface area contributed by atoms with Crippen molar-refractivity contribution in [1.29, 1.82) is 0 Å². The fraction of sp³-hybridized carbons (Fsp3) is 0.0182. The highest BCUT2D eigenvalue weighted by molar-refractivity contribution is 7.00. The number of benzene rings is 9. The van der Waals surface area contributed by atoms with Crippen molar-refractivity contribution in [2.75, 3.05) is 9.80 Å². The highest BCUT2D eigenvalue weighted by atomic mass is 15.2. The van der Waals surface area contributed by atoms with Gasteiger partial charge in [-0.25, -0.2) is 0 Å². The topological polar surface area (TPSA) is 6.48 Å². The Balaban J connectivity index is 1.17. The molecule has 0 bridgehead atoms. The first-order valence-corrected chi connectivity index (χ1v) is 20.2. The molecule has 0 fully saturated rings. The molecule has 272 valence electrons. The third-order valence-electron chi connectivity index (χ3n) is 12.0. The van der Waals surface area contributed by atoms with Gasteiger partial charge in [0.05, 0.1) is 0 Å². The summed E-state index contributed by atoms with van der Waals surface area (Å²) in [5.74, 6) is 0.0810. The summed E-state index contributed by atoms with van der Waals surface area (Å²) in [4.78, 5) is 5.01. The van der Waals surface area contributed by atoms with Crippen LogP contribution in [0.5, 0.6) is 0 Å². The molecule has 2 nitrogen and oxygen atoms in total. The molecule has 0 aliphatic carbocycles. The zero-order chi connectivity index (χ0) is 38.4. The molecule has 0 atom stereocenters. The lowest BCUT2D eigenvalue weighted by molar-refractivity contribution is 0.977. The van der Waals surface area contributed by atoms with E-state index in [0.29, 0.717) is 0 Å². The number of rotatable bonds is 7. The lowest BCUT2D eigenvalue weighted by Crippen LogP contribution is -2.61. The van der Waals surface area contributed by atoms with E-state index in [1.165, 1.54) is 78.1 Å². The summed E-state index contributed by atoms with van der Waals surface area (Å²) >= 11 is 0. The van der Waals surface area contributed by atoms with Crippen molar-refractivity contribution in [2.45, 2.75) is 5.92 Å². The second kappa shape index (κ2) is 14.3. The first-order chi connectivity index (χ1) is 28.8. The first kappa shape index (κ1) is 33.9. The molecule has 0 radical (unpaired) electrons. The van der Waals surface area contributed by atoms with E-state index in [-0.39, 0.29) is 12.6 Å². The average molecular weight is 739 g/mol. The molecular weight excluding hydrogens is 699 g/mol.